The summed E-state index contributed by atoms with van der Waals surface area (Å²) in [6.07, 6.45) is 3.23. The molecule has 4 amide bonds. The van der Waals surface area contributed by atoms with E-state index in [1.807, 2.05) is 23.1 Å². The number of carbonyl (C=O) groups excluding carboxylic acids is 4. The fraction of sp³-hybridized carbons (Fsp3) is 0.545. The molecule has 0 spiro atoms. The summed E-state index contributed by atoms with van der Waals surface area (Å²) >= 11 is 1.41. The predicted octanol–water partition coefficient (Wildman–Crippen LogP) is 2.64. The lowest BCUT2D eigenvalue weighted by Gasteiger charge is -2.30. The van der Waals surface area contributed by atoms with Gasteiger partial charge in [0.2, 0.25) is 17.7 Å². The lowest BCUT2D eigenvalue weighted by molar-refractivity contribution is -0.140. The molecule has 3 aliphatic rings. The summed E-state index contributed by atoms with van der Waals surface area (Å²) in [5.74, 6) is -2.00. The van der Waals surface area contributed by atoms with Crippen LogP contribution in [0.2, 0.25) is 0 Å². The highest BCUT2D eigenvalue weighted by atomic mass is 32.2. The van der Waals surface area contributed by atoms with Gasteiger partial charge in [-0.05, 0) is 63.0 Å². The maximum Gasteiger partial charge on any atom is 0.408 e. The quantitative estimate of drug-likeness (QED) is 0.244. The van der Waals surface area contributed by atoms with E-state index in [9.17, 15) is 27.6 Å². The first-order chi connectivity index (χ1) is 23.7. The largest absolute Gasteiger partial charge is 0.487 e. The Labute approximate surface area is 295 Å². The smallest absolute Gasteiger partial charge is 0.408 e. The standard InChI is InChI=1S/C33H44N6O9S2/c1-7-20-17-33(20,31(42)37-50(44,45)38(5)6)36-29(40)24-15-22(47-25-16-26(46-8-2)34-23-13-14-49-28(23)25)18-39(24)30(41)27(19(3)4)35-32(43)48-21-11-9-10-12-21/h7,13-14,16,20-22,24,27H,1,3,8-12,15,17-18H2,2,4-6H3,(H,35,43)(H,36,40)(H,37,42)/t20-,22-,24+,27+,33-/m1/s1. The number of nitrogens with zero attached hydrogens (tertiary/aromatic N) is 3. The SMILES string of the molecule is C=C[C@@H]1C[C@]1(NC(=O)[C@@H]1C[C@@H](Oc2cc(OCC)nc3ccsc23)CN1C(=O)[C@@H](NC(=O)OC1CCCC1)C(=C)C)C(=O)NS(=O)(=O)N(C)C. The van der Waals surface area contributed by atoms with Crippen molar-refractivity contribution in [2.75, 3.05) is 27.2 Å². The number of nitrogens with one attached hydrogen (secondary N) is 3. The first kappa shape index (κ1) is 37.0. The van der Waals surface area contributed by atoms with E-state index < -0.39 is 63.7 Å². The number of pyridine rings is 1. The number of thiophene rings is 1. The van der Waals surface area contributed by atoms with Gasteiger partial charge in [-0.1, -0.05) is 12.7 Å². The summed E-state index contributed by atoms with van der Waals surface area (Å²) in [6.45, 7) is 11.4. The van der Waals surface area contributed by atoms with E-state index in [-0.39, 0.29) is 25.5 Å². The van der Waals surface area contributed by atoms with E-state index in [0.29, 0.717) is 29.3 Å². The van der Waals surface area contributed by atoms with Gasteiger partial charge < -0.3 is 29.7 Å². The molecular formula is C33H44N6O9S2. The maximum atomic E-state index is 14.2. The second kappa shape index (κ2) is 14.9. The molecule has 15 nitrogen and oxygen atoms in total. The van der Waals surface area contributed by atoms with Crippen LogP contribution >= 0.6 is 11.3 Å². The van der Waals surface area contributed by atoms with Crippen LogP contribution in [0.3, 0.4) is 0 Å². The number of amides is 4. The lowest BCUT2D eigenvalue weighted by Crippen LogP contribution is -2.59. The van der Waals surface area contributed by atoms with Crippen LogP contribution in [0.15, 0.2) is 42.3 Å². The highest BCUT2D eigenvalue weighted by Crippen LogP contribution is 2.45. The number of hydrogen-bond donors (Lipinski definition) is 3. The van der Waals surface area contributed by atoms with E-state index >= 15 is 0 Å². The minimum atomic E-state index is -4.17. The van der Waals surface area contributed by atoms with Gasteiger partial charge in [0.05, 0.1) is 23.4 Å². The molecule has 272 valence electrons. The number of hydrogen-bond acceptors (Lipinski definition) is 11. The number of carbonyl (C=O) groups is 4. The second-order valence-corrected chi connectivity index (χ2v) is 15.8. The van der Waals surface area contributed by atoms with Crippen LogP contribution in [-0.4, -0.2) is 103 Å². The van der Waals surface area contributed by atoms with Crippen molar-refractivity contribution in [2.24, 2.45) is 5.92 Å². The zero-order chi connectivity index (χ0) is 36.4. The van der Waals surface area contributed by atoms with Gasteiger partial charge in [-0.25, -0.2) is 14.5 Å². The third-order valence-corrected chi connectivity index (χ3v) is 11.4. The van der Waals surface area contributed by atoms with Crippen LogP contribution in [0.5, 0.6) is 11.6 Å². The molecule has 2 aliphatic carbocycles. The van der Waals surface area contributed by atoms with Crippen LogP contribution in [0.4, 0.5) is 4.79 Å². The number of rotatable bonds is 14. The van der Waals surface area contributed by atoms with Gasteiger partial charge in [-0.15, -0.1) is 17.9 Å². The predicted molar refractivity (Wildman–Crippen MR) is 186 cm³/mol. The average molecular weight is 733 g/mol. The first-order valence-corrected chi connectivity index (χ1v) is 18.8. The topological polar surface area (TPSA) is 186 Å². The van der Waals surface area contributed by atoms with Gasteiger partial charge in [0, 0.05) is 32.5 Å². The normalized spacial score (nSPS) is 24.0. The molecule has 3 fully saturated rings. The molecule has 2 aromatic heterocycles. The fourth-order valence-corrected chi connectivity index (χ4v) is 7.66. The van der Waals surface area contributed by atoms with Crippen LogP contribution < -0.4 is 24.8 Å². The third kappa shape index (κ3) is 7.89. The van der Waals surface area contributed by atoms with Gasteiger partial charge in [0.1, 0.15) is 35.6 Å². The number of ether oxygens (including phenoxy) is 3. The van der Waals surface area contributed by atoms with Crippen LogP contribution in [0.25, 0.3) is 10.2 Å². The molecular weight excluding hydrogens is 689 g/mol. The van der Waals surface area contributed by atoms with Crippen LogP contribution in [0.1, 0.15) is 52.4 Å². The molecule has 0 aromatic carbocycles. The molecule has 5 atom stereocenters. The molecule has 2 saturated carbocycles. The lowest BCUT2D eigenvalue weighted by atomic mass is 10.1. The average Bonchev–Trinajstić information content (AvgIpc) is 3.48. The Bertz CT molecular complexity index is 1770. The van der Waals surface area contributed by atoms with Crippen molar-refractivity contribution in [3.05, 3.63) is 42.3 Å². The molecule has 1 aliphatic heterocycles. The summed E-state index contributed by atoms with van der Waals surface area (Å²) in [5, 5.41) is 7.22. The number of likely N-dealkylation sites (tertiary alicyclic amines) is 1. The van der Waals surface area contributed by atoms with E-state index in [1.165, 1.54) is 36.4 Å². The van der Waals surface area contributed by atoms with Crippen molar-refractivity contribution in [2.45, 2.75) is 82.2 Å². The number of fused-ring (bicyclic) bond motifs is 1. The highest BCUT2D eigenvalue weighted by molar-refractivity contribution is 7.87. The van der Waals surface area contributed by atoms with Gasteiger partial charge in [0.15, 0.2) is 0 Å². The summed E-state index contributed by atoms with van der Waals surface area (Å²) < 4.78 is 46.2. The zero-order valence-electron chi connectivity index (χ0n) is 28.6. The molecule has 5 rings (SSSR count). The first-order valence-electron chi connectivity index (χ1n) is 16.5. The molecule has 1 saturated heterocycles. The number of aromatic nitrogens is 1. The zero-order valence-corrected chi connectivity index (χ0v) is 30.2. The molecule has 3 heterocycles. The Morgan fingerprint density at radius 2 is 1.94 bits per heavy atom. The summed E-state index contributed by atoms with van der Waals surface area (Å²) in [7, 11) is -1.64. The van der Waals surface area contributed by atoms with Gasteiger partial charge in [-0.3, -0.25) is 14.4 Å². The van der Waals surface area contributed by atoms with E-state index in [1.54, 1.807) is 13.0 Å². The Balaban J connectivity index is 1.42. The van der Waals surface area contributed by atoms with E-state index in [4.69, 9.17) is 14.2 Å². The molecule has 0 bridgehead atoms. The van der Waals surface area contributed by atoms with Crippen molar-refractivity contribution < 1.29 is 41.8 Å². The van der Waals surface area contributed by atoms with E-state index in [2.05, 4.69) is 28.8 Å². The summed E-state index contributed by atoms with van der Waals surface area (Å²) in [5.41, 5.74) is -0.627. The molecule has 17 heteroatoms. The Morgan fingerprint density at radius 1 is 1.22 bits per heavy atom. The minimum Gasteiger partial charge on any atom is -0.487 e. The number of alkyl carbamates (subject to hydrolysis) is 1. The van der Waals surface area contributed by atoms with Crippen molar-refractivity contribution in [3.63, 3.8) is 0 Å². The monoisotopic (exact) mass is 732 g/mol. The molecule has 50 heavy (non-hydrogen) atoms. The van der Waals surface area contributed by atoms with Crippen LogP contribution in [0, 0.1) is 5.92 Å². The van der Waals surface area contributed by atoms with Crippen molar-refractivity contribution in [3.8, 4) is 11.6 Å². The fourth-order valence-electron chi connectivity index (χ4n) is 6.28. The summed E-state index contributed by atoms with van der Waals surface area (Å²) in [4.78, 5) is 60.4. The molecule has 3 N–H and O–H groups in total. The third-order valence-electron chi connectivity index (χ3n) is 9.12. The minimum absolute atomic E-state index is 0.0125. The Kier molecular flexibility index (Phi) is 11.1. The molecule has 2 aromatic rings. The second-order valence-electron chi connectivity index (χ2n) is 13.0. The van der Waals surface area contributed by atoms with Crippen LogP contribution in [-0.2, 0) is 29.3 Å². The van der Waals surface area contributed by atoms with Gasteiger partial charge in [-0.2, -0.15) is 12.7 Å². The molecule has 0 unspecified atom stereocenters. The maximum absolute atomic E-state index is 14.2. The van der Waals surface area contributed by atoms with E-state index in [0.717, 1.165) is 34.7 Å². The van der Waals surface area contributed by atoms with Gasteiger partial charge in [0.25, 0.3) is 5.91 Å². The Hall–Kier alpha value is -4.22. The highest BCUT2D eigenvalue weighted by Gasteiger charge is 2.61. The van der Waals surface area contributed by atoms with Crippen molar-refractivity contribution in [1.29, 1.82) is 0 Å². The van der Waals surface area contributed by atoms with Gasteiger partial charge >= 0.3 is 16.3 Å². The Morgan fingerprint density at radius 3 is 2.56 bits per heavy atom. The summed E-state index contributed by atoms with van der Waals surface area (Å²) in [6, 6.07) is 1.09. The van der Waals surface area contributed by atoms with Crippen molar-refractivity contribution >= 4 is 55.6 Å². The van der Waals surface area contributed by atoms with Crippen molar-refractivity contribution in [1.82, 2.24) is 29.5 Å². The molecule has 0 radical (unpaired) electrons.